The van der Waals surface area contributed by atoms with E-state index in [1.165, 1.54) is 10.7 Å². The second-order valence-corrected chi connectivity index (χ2v) is 12.0. The predicted octanol–water partition coefficient (Wildman–Crippen LogP) is 5.14. The van der Waals surface area contributed by atoms with Gasteiger partial charge in [0, 0.05) is 30.6 Å². The largest absolute Gasteiger partial charge is 0.352 e. The molecule has 3 rings (SSSR count). The van der Waals surface area contributed by atoms with Gasteiger partial charge in [-0.3, -0.25) is 13.9 Å². The van der Waals surface area contributed by atoms with Crippen molar-refractivity contribution < 1.29 is 18.0 Å². The van der Waals surface area contributed by atoms with Gasteiger partial charge in [0.15, 0.2) is 0 Å². The minimum atomic E-state index is -3.51. The number of rotatable bonds is 12. The van der Waals surface area contributed by atoms with Crippen molar-refractivity contribution in [1.82, 2.24) is 10.2 Å². The molecule has 0 bridgehead atoms. The van der Waals surface area contributed by atoms with E-state index in [1.807, 2.05) is 31.2 Å². The highest BCUT2D eigenvalue weighted by Gasteiger charge is 2.30. The predicted molar refractivity (Wildman–Crippen MR) is 149 cm³/mol. The van der Waals surface area contributed by atoms with Crippen LogP contribution in [0.25, 0.3) is 0 Å². The summed E-state index contributed by atoms with van der Waals surface area (Å²) in [7, 11) is -3.51. The maximum atomic E-state index is 13.6. The standard InChI is InChI=1S/C28H38ClN3O4S/c1-3-26(28(34)30-23-14-6-4-7-15-23)31(21-22-13-10-11-18-25(22)29)27(33)19-12-20-32(37(2,35)36)24-16-8-5-9-17-24/h5,8-11,13,16-18,23,26H,3-4,6-7,12,14-15,19-21H2,1-2H3,(H,30,34)/t26-/m1/s1. The Hall–Kier alpha value is -2.58. The van der Waals surface area contributed by atoms with E-state index in [9.17, 15) is 18.0 Å². The lowest BCUT2D eigenvalue weighted by Gasteiger charge is -2.33. The van der Waals surface area contributed by atoms with Crippen molar-refractivity contribution in [2.24, 2.45) is 0 Å². The normalized spacial score (nSPS) is 15.1. The van der Waals surface area contributed by atoms with E-state index in [2.05, 4.69) is 5.32 Å². The number of nitrogens with zero attached hydrogens (tertiary/aromatic N) is 2. The molecule has 7 nitrogen and oxygen atoms in total. The Balaban J connectivity index is 1.75. The molecule has 0 unspecified atom stereocenters. The van der Waals surface area contributed by atoms with Crippen LogP contribution in [-0.2, 0) is 26.2 Å². The first-order valence-electron chi connectivity index (χ1n) is 13.1. The molecule has 1 atom stereocenters. The van der Waals surface area contributed by atoms with Gasteiger partial charge in [0.25, 0.3) is 0 Å². The number of carbonyl (C=O) groups is 2. The minimum absolute atomic E-state index is 0.108. The highest BCUT2D eigenvalue weighted by Crippen LogP contribution is 2.23. The summed E-state index contributed by atoms with van der Waals surface area (Å²) in [5, 5.41) is 3.71. The molecule has 2 amide bonds. The van der Waals surface area contributed by atoms with Crippen LogP contribution < -0.4 is 9.62 Å². The third-order valence-electron chi connectivity index (χ3n) is 6.83. The van der Waals surface area contributed by atoms with Crippen molar-refractivity contribution in [3.63, 3.8) is 0 Å². The molecule has 9 heteroatoms. The monoisotopic (exact) mass is 547 g/mol. The molecular weight excluding hydrogens is 510 g/mol. The van der Waals surface area contributed by atoms with Crippen LogP contribution >= 0.6 is 11.6 Å². The molecule has 1 N–H and O–H groups in total. The van der Waals surface area contributed by atoms with Crippen molar-refractivity contribution in [3.8, 4) is 0 Å². The number of carbonyl (C=O) groups excluding carboxylic acids is 2. The number of hydrogen-bond donors (Lipinski definition) is 1. The first-order chi connectivity index (χ1) is 17.7. The summed E-state index contributed by atoms with van der Waals surface area (Å²) in [4.78, 5) is 28.5. The van der Waals surface area contributed by atoms with E-state index in [0.717, 1.165) is 37.5 Å². The third-order valence-corrected chi connectivity index (χ3v) is 8.40. The number of anilines is 1. The van der Waals surface area contributed by atoms with Gasteiger partial charge in [-0.1, -0.05) is 74.2 Å². The first-order valence-corrected chi connectivity index (χ1v) is 15.3. The van der Waals surface area contributed by atoms with Gasteiger partial charge in [-0.25, -0.2) is 8.42 Å². The van der Waals surface area contributed by atoms with E-state index in [0.29, 0.717) is 23.6 Å². The van der Waals surface area contributed by atoms with E-state index in [4.69, 9.17) is 11.6 Å². The summed E-state index contributed by atoms with van der Waals surface area (Å²) in [6, 6.07) is 15.7. The van der Waals surface area contributed by atoms with Crippen LogP contribution in [0.15, 0.2) is 54.6 Å². The number of amides is 2. The molecule has 0 aliphatic heterocycles. The average molecular weight is 548 g/mol. The van der Waals surface area contributed by atoms with Gasteiger partial charge in [-0.2, -0.15) is 0 Å². The number of hydrogen-bond acceptors (Lipinski definition) is 4. The molecule has 0 spiro atoms. The Morgan fingerprint density at radius 2 is 1.68 bits per heavy atom. The van der Waals surface area contributed by atoms with Crippen LogP contribution in [0, 0.1) is 0 Å². The van der Waals surface area contributed by atoms with Crippen LogP contribution in [0.5, 0.6) is 0 Å². The van der Waals surface area contributed by atoms with Gasteiger partial charge in [0.05, 0.1) is 11.9 Å². The number of halogens is 1. The van der Waals surface area contributed by atoms with Crippen LogP contribution in [0.4, 0.5) is 5.69 Å². The fraction of sp³-hybridized carbons (Fsp3) is 0.500. The fourth-order valence-electron chi connectivity index (χ4n) is 4.87. The van der Waals surface area contributed by atoms with Gasteiger partial charge in [0.2, 0.25) is 21.8 Å². The Kier molecular flexibility index (Phi) is 10.8. The van der Waals surface area contributed by atoms with Crippen molar-refractivity contribution in [2.75, 3.05) is 17.1 Å². The van der Waals surface area contributed by atoms with E-state index in [-0.39, 0.29) is 37.4 Å². The highest BCUT2D eigenvalue weighted by molar-refractivity contribution is 7.92. The molecule has 0 radical (unpaired) electrons. The molecule has 1 fully saturated rings. The molecular formula is C28H38ClN3O4S. The zero-order valence-electron chi connectivity index (χ0n) is 21.7. The summed E-state index contributed by atoms with van der Waals surface area (Å²) in [6.45, 7) is 2.28. The molecule has 37 heavy (non-hydrogen) atoms. The van der Waals surface area contributed by atoms with Gasteiger partial charge in [-0.15, -0.1) is 0 Å². The SMILES string of the molecule is CC[C@H](C(=O)NC1CCCCC1)N(Cc1ccccc1Cl)C(=O)CCCN(c1ccccc1)S(C)(=O)=O. The zero-order valence-corrected chi connectivity index (χ0v) is 23.3. The second kappa shape index (κ2) is 13.8. The lowest BCUT2D eigenvalue weighted by atomic mass is 9.95. The lowest BCUT2D eigenvalue weighted by Crippen LogP contribution is -2.51. The van der Waals surface area contributed by atoms with Gasteiger partial charge in [-0.05, 0) is 49.4 Å². The Morgan fingerprint density at radius 1 is 1.03 bits per heavy atom. The molecule has 1 aliphatic rings. The number of benzene rings is 2. The van der Waals surface area contributed by atoms with Crippen molar-refractivity contribution in [1.29, 1.82) is 0 Å². The summed E-state index contributed by atoms with van der Waals surface area (Å²) in [5.74, 6) is -0.344. The zero-order chi connectivity index (χ0) is 26.8. The topological polar surface area (TPSA) is 86.8 Å². The molecule has 2 aromatic carbocycles. The van der Waals surface area contributed by atoms with Crippen molar-refractivity contribution in [2.45, 2.75) is 76.9 Å². The average Bonchev–Trinajstić information content (AvgIpc) is 2.88. The number of sulfonamides is 1. The second-order valence-electron chi connectivity index (χ2n) is 9.65. The molecule has 1 saturated carbocycles. The van der Waals surface area contributed by atoms with Crippen molar-refractivity contribution in [3.05, 3.63) is 65.2 Å². The minimum Gasteiger partial charge on any atom is -0.352 e. The Labute approximate surface area is 226 Å². The molecule has 0 heterocycles. The lowest BCUT2D eigenvalue weighted by molar-refractivity contribution is -0.141. The van der Waals surface area contributed by atoms with E-state index >= 15 is 0 Å². The van der Waals surface area contributed by atoms with E-state index < -0.39 is 16.1 Å². The summed E-state index contributed by atoms with van der Waals surface area (Å²) in [6.07, 6.45) is 7.36. The van der Waals surface area contributed by atoms with Crippen molar-refractivity contribution >= 4 is 39.1 Å². The molecule has 202 valence electrons. The first kappa shape index (κ1) is 29.0. The van der Waals surface area contributed by atoms with Gasteiger partial charge >= 0.3 is 0 Å². The van der Waals surface area contributed by atoms with E-state index in [1.54, 1.807) is 35.2 Å². The molecule has 1 aliphatic carbocycles. The van der Waals surface area contributed by atoms with Crippen LogP contribution in [0.1, 0.15) is 63.9 Å². The molecule has 0 aromatic heterocycles. The fourth-order valence-corrected chi connectivity index (χ4v) is 6.03. The van der Waals surface area contributed by atoms with Crippen LogP contribution in [-0.4, -0.2) is 50.0 Å². The summed E-state index contributed by atoms with van der Waals surface area (Å²) >= 11 is 6.41. The van der Waals surface area contributed by atoms with Gasteiger partial charge in [0.1, 0.15) is 6.04 Å². The Bertz CT molecular complexity index is 1140. The molecule has 2 aromatic rings. The smallest absolute Gasteiger partial charge is 0.243 e. The number of nitrogens with one attached hydrogen (secondary N) is 1. The summed E-state index contributed by atoms with van der Waals surface area (Å²) < 4.78 is 26.1. The maximum Gasteiger partial charge on any atom is 0.243 e. The maximum absolute atomic E-state index is 13.6. The Morgan fingerprint density at radius 3 is 2.30 bits per heavy atom. The van der Waals surface area contributed by atoms with Gasteiger partial charge < -0.3 is 10.2 Å². The van der Waals surface area contributed by atoms with Crippen LogP contribution in [0.2, 0.25) is 5.02 Å². The summed E-state index contributed by atoms with van der Waals surface area (Å²) in [5.41, 5.74) is 1.33. The van der Waals surface area contributed by atoms with Crippen LogP contribution in [0.3, 0.4) is 0 Å². The quantitative estimate of drug-likeness (QED) is 0.398. The molecule has 0 saturated heterocycles. The highest BCUT2D eigenvalue weighted by atomic mass is 35.5. The number of para-hydroxylation sites is 1. The third kappa shape index (κ3) is 8.47.